The third kappa shape index (κ3) is 6.56. The molecule has 5 atom stereocenters. The molecule has 7 heteroatoms. The number of rotatable bonds is 12. The summed E-state index contributed by atoms with van der Waals surface area (Å²) in [6, 6.07) is 7.57. The lowest BCUT2D eigenvalue weighted by Gasteiger charge is -2.44. The minimum absolute atomic E-state index is 0.0670. The number of hydrogen-bond acceptors (Lipinski definition) is 6. The number of unbranched alkanes of at least 4 members (excludes halogenated alkanes) is 1. The molecule has 1 aromatic rings. The van der Waals surface area contributed by atoms with Gasteiger partial charge in [-0.1, -0.05) is 31.0 Å². The van der Waals surface area contributed by atoms with Crippen molar-refractivity contribution in [2.75, 3.05) is 33.4 Å². The lowest BCUT2D eigenvalue weighted by molar-refractivity contribution is -0.141. The van der Waals surface area contributed by atoms with Crippen LogP contribution in [0.25, 0.3) is 0 Å². The number of ether oxygens (including phenoxy) is 2. The highest BCUT2D eigenvalue weighted by Crippen LogP contribution is 2.44. The average molecular weight is 489 g/mol. The topological polar surface area (TPSA) is 105 Å². The van der Waals surface area contributed by atoms with Gasteiger partial charge in [0.1, 0.15) is 5.75 Å². The van der Waals surface area contributed by atoms with Crippen molar-refractivity contribution < 1.29 is 24.5 Å². The van der Waals surface area contributed by atoms with E-state index in [2.05, 4.69) is 0 Å². The van der Waals surface area contributed by atoms with Gasteiger partial charge in [0.15, 0.2) is 0 Å². The van der Waals surface area contributed by atoms with Gasteiger partial charge < -0.3 is 30.3 Å². The van der Waals surface area contributed by atoms with Crippen LogP contribution in [0.4, 0.5) is 0 Å². The molecule has 3 aliphatic rings. The Morgan fingerprint density at radius 2 is 1.97 bits per heavy atom. The van der Waals surface area contributed by atoms with Gasteiger partial charge in [0.2, 0.25) is 5.91 Å². The minimum atomic E-state index is -1.09. The Kier molecular flexibility index (Phi) is 9.08. The maximum absolute atomic E-state index is 13.3. The molecule has 1 aliphatic heterocycles. The summed E-state index contributed by atoms with van der Waals surface area (Å²) in [7, 11) is 1.70. The van der Waals surface area contributed by atoms with Crippen molar-refractivity contribution in [3.8, 4) is 5.75 Å². The van der Waals surface area contributed by atoms with E-state index in [4.69, 9.17) is 15.2 Å². The number of likely N-dealkylation sites (tertiary alicyclic amines) is 1. The van der Waals surface area contributed by atoms with Crippen molar-refractivity contribution in [3.05, 3.63) is 29.8 Å². The molecule has 0 radical (unpaired) electrons. The summed E-state index contributed by atoms with van der Waals surface area (Å²) in [5, 5.41) is 22.4. The first-order valence-electron chi connectivity index (χ1n) is 13.6. The largest absolute Gasteiger partial charge is 0.493 e. The highest BCUT2D eigenvalue weighted by atomic mass is 16.5. The van der Waals surface area contributed by atoms with Crippen LogP contribution in [-0.2, 0) is 15.1 Å². The van der Waals surface area contributed by atoms with E-state index in [1.165, 1.54) is 12.8 Å². The molecule has 0 aromatic heterocycles. The second-order valence-corrected chi connectivity index (χ2v) is 11.0. The van der Waals surface area contributed by atoms with Gasteiger partial charge in [0.25, 0.3) is 0 Å². The molecule has 0 bridgehead atoms. The van der Waals surface area contributed by atoms with Gasteiger partial charge in [-0.2, -0.15) is 0 Å². The van der Waals surface area contributed by atoms with Crippen molar-refractivity contribution >= 4 is 5.91 Å². The van der Waals surface area contributed by atoms with Crippen LogP contribution in [0.5, 0.6) is 5.75 Å². The predicted molar refractivity (Wildman–Crippen MR) is 135 cm³/mol. The van der Waals surface area contributed by atoms with E-state index in [-0.39, 0.29) is 23.8 Å². The molecule has 0 spiro atoms. The van der Waals surface area contributed by atoms with E-state index in [1.807, 2.05) is 29.2 Å². The number of methoxy groups -OCH3 is 1. The van der Waals surface area contributed by atoms with Crippen LogP contribution >= 0.6 is 0 Å². The molecule has 1 heterocycles. The van der Waals surface area contributed by atoms with Crippen LogP contribution in [0.1, 0.15) is 69.8 Å². The summed E-state index contributed by atoms with van der Waals surface area (Å²) in [5.74, 6) is 1.30. The second kappa shape index (κ2) is 12.0. The zero-order chi connectivity index (χ0) is 24.8. The Hall–Kier alpha value is -1.67. The Morgan fingerprint density at radius 1 is 1.17 bits per heavy atom. The lowest BCUT2D eigenvalue weighted by atomic mass is 9.73. The van der Waals surface area contributed by atoms with Gasteiger partial charge in [0, 0.05) is 50.2 Å². The monoisotopic (exact) mass is 488 g/mol. The Bertz CT molecular complexity index is 821. The number of benzene rings is 1. The zero-order valence-electron chi connectivity index (χ0n) is 21.2. The van der Waals surface area contributed by atoms with Crippen molar-refractivity contribution in [2.45, 2.75) is 82.0 Å². The van der Waals surface area contributed by atoms with Crippen LogP contribution in [-0.4, -0.2) is 66.6 Å². The predicted octanol–water partition coefficient (Wildman–Crippen LogP) is 3.21. The quantitative estimate of drug-likeness (QED) is 0.390. The molecule has 196 valence electrons. The van der Waals surface area contributed by atoms with Crippen LogP contribution < -0.4 is 10.5 Å². The van der Waals surface area contributed by atoms with Crippen LogP contribution in [0.3, 0.4) is 0 Å². The first-order chi connectivity index (χ1) is 16.9. The zero-order valence-corrected chi connectivity index (χ0v) is 21.2. The van der Waals surface area contributed by atoms with E-state index in [0.29, 0.717) is 45.6 Å². The SMILES string of the molecule is COCCCC[C@@](O)(c1ccccc1OCCC1CC1)[C@@H]1CCCN(C(=O)[C@H]2C[C@@H](N)[C@@H](O)C2)C1. The van der Waals surface area contributed by atoms with Crippen molar-refractivity contribution in [2.24, 2.45) is 23.5 Å². The number of carbonyl (C=O) groups excluding carboxylic acids is 1. The van der Waals surface area contributed by atoms with Gasteiger partial charge >= 0.3 is 0 Å². The fraction of sp³-hybridized carbons (Fsp3) is 0.750. The number of nitrogens with two attached hydrogens (primary N) is 1. The first kappa shape index (κ1) is 26.4. The highest BCUT2D eigenvalue weighted by Gasteiger charge is 2.44. The van der Waals surface area contributed by atoms with E-state index in [0.717, 1.165) is 49.3 Å². The molecule has 7 nitrogen and oxygen atoms in total. The molecule has 3 fully saturated rings. The Morgan fingerprint density at radius 3 is 2.69 bits per heavy atom. The van der Waals surface area contributed by atoms with Gasteiger partial charge in [-0.25, -0.2) is 0 Å². The van der Waals surface area contributed by atoms with Crippen molar-refractivity contribution in [1.82, 2.24) is 4.90 Å². The number of aliphatic hydroxyl groups excluding tert-OH is 1. The van der Waals surface area contributed by atoms with Gasteiger partial charge in [-0.3, -0.25) is 4.79 Å². The normalized spacial score (nSPS) is 28.6. The third-order valence-electron chi connectivity index (χ3n) is 8.33. The third-order valence-corrected chi connectivity index (χ3v) is 8.33. The van der Waals surface area contributed by atoms with E-state index < -0.39 is 11.7 Å². The number of para-hydroxylation sites is 1. The molecular formula is C28H44N2O5. The number of carbonyl (C=O) groups is 1. The molecule has 0 unspecified atom stereocenters. The molecule has 2 saturated carbocycles. The lowest BCUT2D eigenvalue weighted by Crippen LogP contribution is -2.49. The van der Waals surface area contributed by atoms with Crippen LogP contribution in [0, 0.1) is 17.8 Å². The average Bonchev–Trinajstić information content (AvgIpc) is 3.64. The summed E-state index contributed by atoms with van der Waals surface area (Å²) in [4.78, 5) is 15.2. The molecule has 1 saturated heterocycles. The summed E-state index contributed by atoms with van der Waals surface area (Å²) < 4.78 is 11.5. The smallest absolute Gasteiger partial charge is 0.225 e. The molecular weight excluding hydrogens is 444 g/mol. The molecule has 2 aliphatic carbocycles. The number of nitrogens with zero attached hydrogens (tertiary/aromatic N) is 1. The maximum Gasteiger partial charge on any atom is 0.225 e. The summed E-state index contributed by atoms with van der Waals surface area (Å²) in [6.45, 7) is 2.53. The van der Waals surface area contributed by atoms with Gasteiger partial charge in [0.05, 0.1) is 18.3 Å². The molecule has 4 N–H and O–H groups in total. The van der Waals surface area contributed by atoms with E-state index in [9.17, 15) is 15.0 Å². The second-order valence-electron chi connectivity index (χ2n) is 11.0. The van der Waals surface area contributed by atoms with Crippen molar-refractivity contribution in [1.29, 1.82) is 0 Å². The van der Waals surface area contributed by atoms with Crippen molar-refractivity contribution in [3.63, 3.8) is 0 Å². The number of hydrogen-bond donors (Lipinski definition) is 3. The summed E-state index contributed by atoms with van der Waals surface area (Å²) in [6.07, 6.45) is 8.00. The maximum atomic E-state index is 13.3. The number of amides is 1. The summed E-state index contributed by atoms with van der Waals surface area (Å²) >= 11 is 0. The van der Waals surface area contributed by atoms with E-state index >= 15 is 0 Å². The number of aliphatic hydroxyl groups is 2. The molecule has 35 heavy (non-hydrogen) atoms. The fourth-order valence-corrected chi connectivity index (χ4v) is 5.97. The standard InChI is InChI=1S/C28H44N2O5/c1-34-15-5-4-13-28(33,23-8-2-3-9-26(23)35-16-12-20-10-11-20)22-7-6-14-30(19-22)27(32)21-17-24(29)25(31)18-21/h2-3,8-9,20-22,24-25,31,33H,4-7,10-19,29H2,1H3/t21-,22+,24+,25-,28-/m0/s1. The molecule has 1 aromatic carbocycles. The Labute approximate surface area is 210 Å². The van der Waals surface area contributed by atoms with E-state index in [1.54, 1.807) is 7.11 Å². The fourth-order valence-electron chi connectivity index (χ4n) is 5.97. The Balaban J connectivity index is 1.51. The van der Waals surface area contributed by atoms with Crippen LogP contribution in [0.15, 0.2) is 24.3 Å². The van der Waals surface area contributed by atoms with Gasteiger partial charge in [-0.15, -0.1) is 0 Å². The first-order valence-corrected chi connectivity index (χ1v) is 13.6. The van der Waals surface area contributed by atoms with Crippen LogP contribution in [0.2, 0.25) is 0 Å². The molecule has 1 amide bonds. The number of piperidine rings is 1. The summed E-state index contributed by atoms with van der Waals surface area (Å²) in [5.41, 5.74) is 5.73. The molecule has 4 rings (SSSR count). The minimum Gasteiger partial charge on any atom is -0.493 e. The highest BCUT2D eigenvalue weighted by molar-refractivity contribution is 5.79. The van der Waals surface area contributed by atoms with Gasteiger partial charge in [-0.05, 0) is 63.4 Å².